The smallest absolute Gasteiger partial charge is 0.0192 e. The summed E-state index contributed by atoms with van der Waals surface area (Å²) in [6, 6.07) is 0.658. The zero-order valence-electron chi connectivity index (χ0n) is 14.0. The van der Waals surface area contributed by atoms with Gasteiger partial charge in [0.2, 0.25) is 0 Å². The van der Waals surface area contributed by atoms with Crippen molar-refractivity contribution in [3.63, 3.8) is 0 Å². The van der Waals surface area contributed by atoms with Crippen LogP contribution in [0.5, 0.6) is 0 Å². The predicted molar refractivity (Wildman–Crippen MR) is 84.7 cm³/mol. The second-order valence-corrected chi connectivity index (χ2v) is 7.21. The molecule has 19 heavy (non-hydrogen) atoms. The van der Waals surface area contributed by atoms with Gasteiger partial charge in [0.05, 0.1) is 0 Å². The van der Waals surface area contributed by atoms with Crippen LogP contribution in [0, 0.1) is 5.92 Å². The number of likely N-dealkylation sites (tertiary alicyclic amines) is 1. The lowest BCUT2D eigenvalue weighted by Gasteiger charge is -2.38. The Labute approximate surface area is 120 Å². The van der Waals surface area contributed by atoms with Gasteiger partial charge in [0, 0.05) is 24.7 Å². The zero-order valence-corrected chi connectivity index (χ0v) is 14.0. The van der Waals surface area contributed by atoms with E-state index in [1.54, 1.807) is 0 Å². The molecule has 1 rings (SSSR count). The predicted octanol–water partition coefficient (Wildman–Crippen LogP) is 2.43. The van der Waals surface area contributed by atoms with Gasteiger partial charge >= 0.3 is 0 Å². The fourth-order valence-electron chi connectivity index (χ4n) is 2.77. The summed E-state index contributed by atoms with van der Waals surface area (Å²) in [7, 11) is 4.37. The van der Waals surface area contributed by atoms with Gasteiger partial charge in [-0.2, -0.15) is 0 Å². The lowest BCUT2D eigenvalue weighted by atomic mass is 9.95. The van der Waals surface area contributed by atoms with E-state index in [-0.39, 0.29) is 5.54 Å². The second-order valence-electron chi connectivity index (χ2n) is 7.21. The lowest BCUT2D eigenvalue weighted by Crippen LogP contribution is -2.49. The van der Waals surface area contributed by atoms with E-state index < -0.39 is 0 Å². The molecule has 1 aliphatic heterocycles. The maximum atomic E-state index is 3.70. The maximum Gasteiger partial charge on any atom is 0.0192 e. The van der Waals surface area contributed by atoms with E-state index in [9.17, 15) is 0 Å². The first-order valence-electron chi connectivity index (χ1n) is 7.98. The molecular formula is C16H35N3. The third-order valence-electron chi connectivity index (χ3n) is 4.66. The number of piperidine rings is 1. The Kier molecular flexibility index (Phi) is 6.78. The van der Waals surface area contributed by atoms with Gasteiger partial charge in [-0.1, -0.05) is 6.92 Å². The molecule has 3 heteroatoms. The molecule has 1 unspecified atom stereocenters. The average Bonchev–Trinajstić information content (AvgIpc) is 2.36. The van der Waals surface area contributed by atoms with Crippen LogP contribution in [0.4, 0.5) is 0 Å². The topological polar surface area (TPSA) is 18.5 Å². The molecule has 0 aliphatic carbocycles. The Bertz CT molecular complexity index is 242. The van der Waals surface area contributed by atoms with Crippen molar-refractivity contribution >= 4 is 0 Å². The van der Waals surface area contributed by atoms with Crippen molar-refractivity contribution in [1.82, 2.24) is 15.1 Å². The van der Waals surface area contributed by atoms with Crippen molar-refractivity contribution in [2.75, 3.05) is 40.3 Å². The fourth-order valence-corrected chi connectivity index (χ4v) is 2.77. The highest BCUT2D eigenvalue weighted by atomic mass is 15.2. The van der Waals surface area contributed by atoms with E-state index in [1.807, 2.05) is 0 Å². The largest absolute Gasteiger partial charge is 0.310 e. The Morgan fingerprint density at radius 3 is 2.32 bits per heavy atom. The normalized spacial score (nSPS) is 21.0. The standard InChI is InChI=1S/C16H35N3/c1-7-16(3,4)17-12-14(2)19-10-8-15(9-11-19)13-18(5)6/h14-15,17H,7-13H2,1-6H3. The van der Waals surface area contributed by atoms with Gasteiger partial charge in [0.1, 0.15) is 0 Å². The number of hydrogen-bond donors (Lipinski definition) is 1. The van der Waals surface area contributed by atoms with Crippen LogP contribution in [0.1, 0.15) is 47.0 Å². The third kappa shape index (κ3) is 6.24. The van der Waals surface area contributed by atoms with E-state index in [1.165, 1.54) is 38.9 Å². The monoisotopic (exact) mass is 269 g/mol. The van der Waals surface area contributed by atoms with Gasteiger partial charge in [-0.3, -0.25) is 4.90 Å². The molecule has 114 valence electrons. The Balaban J connectivity index is 2.27. The first kappa shape index (κ1) is 16.9. The highest BCUT2D eigenvalue weighted by Gasteiger charge is 2.24. The van der Waals surface area contributed by atoms with Gasteiger partial charge in [-0.05, 0) is 73.1 Å². The quantitative estimate of drug-likeness (QED) is 0.766. The summed E-state index contributed by atoms with van der Waals surface area (Å²) >= 11 is 0. The van der Waals surface area contributed by atoms with Crippen LogP contribution in [0.15, 0.2) is 0 Å². The minimum absolute atomic E-state index is 0.275. The van der Waals surface area contributed by atoms with E-state index in [0.717, 1.165) is 12.5 Å². The van der Waals surface area contributed by atoms with Gasteiger partial charge in [0.25, 0.3) is 0 Å². The van der Waals surface area contributed by atoms with E-state index in [2.05, 4.69) is 56.9 Å². The molecule has 1 saturated heterocycles. The summed E-state index contributed by atoms with van der Waals surface area (Å²) in [6.45, 7) is 14.1. The summed E-state index contributed by atoms with van der Waals surface area (Å²) in [5, 5.41) is 3.70. The number of rotatable bonds is 7. The van der Waals surface area contributed by atoms with Crippen molar-refractivity contribution in [2.24, 2.45) is 5.92 Å². The summed E-state index contributed by atoms with van der Waals surface area (Å²) < 4.78 is 0. The maximum absolute atomic E-state index is 3.70. The SMILES string of the molecule is CCC(C)(C)NCC(C)N1CCC(CN(C)C)CC1. The molecule has 0 aromatic carbocycles. The molecule has 0 saturated carbocycles. The minimum atomic E-state index is 0.275. The van der Waals surface area contributed by atoms with Crippen LogP contribution < -0.4 is 5.32 Å². The van der Waals surface area contributed by atoms with Crippen LogP contribution >= 0.6 is 0 Å². The number of nitrogens with one attached hydrogen (secondary N) is 1. The lowest BCUT2D eigenvalue weighted by molar-refractivity contribution is 0.121. The molecule has 0 amide bonds. The van der Waals surface area contributed by atoms with E-state index >= 15 is 0 Å². The summed E-state index contributed by atoms with van der Waals surface area (Å²) in [5.41, 5.74) is 0.275. The van der Waals surface area contributed by atoms with Gasteiger partial charge in [0.15, 0.2) is 0 Å². The van der Waals surface area contributed by atoms with Crippen LogP contribution in [0.3, 0.4) is 0 Å². The van der Waals surface area contributed by atoms with Gasteiger partial charge < -0.3 is 10.2 Å². The number of nitrogens with zero attached hydrogens (tertiary/aromatic N) is 2. The van der Waals surface area contributed by atoms with Gasteiger partial charge in [-0.25, -0.2) is 0 Å². The first-order chi connectivity index (χ1) is 8.84. The van der Waals surface area contributed by atoms with Crippen molar-refractivity contribution in [3.8, 4) is 0 Å². The van der Waals surface area contributed by atoms with Crippen molar-refractivity contribution in [2.45, 2.75) is 58.5 Å². The molecule has 3 nitrogen and oxygen atoms in total. The molecule has 1 atom stereocenters. The zero-order chi connectivity index (χ0) is 14.5. The Hall–Kier alpha value is -0.120. The van der Waals surface area contributed by atoms with Crippen molar-refractivity contribution < 1.29 is 0 Å². The van der Waals surface area contributed by atoms with Crippen LogP contribution in [-0.2, 0) is 0 Å². The van der Waals surface area contributed by atoms with E-state index in [0.29, 0.717) is 6.04 Å². The average molecular weight is 269 g/mol. The van der Waals surface area contributed by atoms with E-state index in [4.69, 9.17) is 0 Å². The molecular weight excluding hydrogens is 234 g/mol. The molecule has 1 fully saturated rings. The molecule has 1 heterocycles. The third-order valence-corrected chi connectivity index (χ3v) is 4.66. The van der Waals surface area contributed by atoms with Gasteiger partial charge in [-0.15, -0.1) is 0 Å². The van der Waals surface area contributed by atoms with Crippen molar-refractivity contribution in [3.05, 3.63) is 0 Å². The summed E-state index contributed by atoms with van der Waals surface area (Å²) in [6.07, 6.45) is 3.91. The number of hydrogen-bond acceptors (Lipinski definition) is 3. The second kappa shape index (κ2) is 7.61. The summed E-state index contributed by atoms with van der Waals surface area (Å²) in [5.74, 6) is 0.901. The van der Waals surface area contributed by atoms with Crippen LogP contribution in [0.25, 0.3) is 0 Å². The van der Waals surface area contributed by atoms with Crippen molar-refractivity contribution in [1.29, 1.82) is 0 Å². The highest BCUT2D eigenvalue weighted by molar-refractivity contribution is 4.82. The highest BCUT2D eigenvalue weighted by Crippen LogP contribution is 2.19. The summed E-state index contributed by atoms with van der Waals surface area (Å²) in [4.78, 5) is 4.99. The molecule has 1 N–H and O–H groups in total. The molecule has 0 aromatic rings. The molecule has 1 aliphatic rings. The minimum Gasteiger partial charge on any atom is -0.310 e. The Morgan fingerprint density at radius 2 is 1.84 bits per heavy atom. The molecule has 0 bridgehead atoms. The molecule has 0 spiro atoms. The van der Waals surface area contributed by atoms with Crippen LogP contribution in [0.2, 0.25) is 0 Å². The molecule has 0 radical (unpaired) electrons. The fraction of sp³-hybridized carbons (Fsp3) is 1.00. The molecule has 0 aromatic heterocycles. The first-order valence-corrected chi connectivity index (χ1v) is 7.98. The Morgan fingerprint density at radius 1 is 1.26 bits per heavy atom. The van der Waals surface area contributed by atoms with Crippen LogP contribution in [-0.4, -0.2) is 61.7 Å².